The number of hydrogen-bond donors (Lipinski definition) is 0. The third-order valence-electron chi connectivity index (χ3n) is 12.0. The van der Waals surface area contributed by atoms with E-state index in [-0.39, 0.29) is 0 Å². The maximum absolute atomic E-state index is 6.64. The van der Waals surface area contributed by atoms with E-state index in [0.29, 0.717) is 0 Å². The highest BCUT2D eigenvalue weighted by Crippen LogP contribution is 2.49. The standard InChI is InChI=1S/C58H37NO2/c1-3-13-38(14-4-1)44-34-45(39-15-5-2-6-16-39)36-46(35-44)57-52(31-32-55-58(57)51-20-10-12-22-54(51)60-55)59(48-29-30-50-49-19-9-11-21-53(49)61-56(50)37-48)47-27-25-41(26-28-47)43-24-23-40-17-7-8-18-42(40)33-43/h1-37H. The molecule has 0 aliphatic rings. The highest BCUT2D eigenvalue weighted by molar-refractivity contribution is 6.17. The summed E-state index contributed by atoms with van der Waals surface area (Å²) in [6, 6.07) is 80.1. The molecule has 0 aliphatic heterocycles. The van der Waals surface area contributed by atoms with Crippen LogP contribution in [-0.4, -0.2) is 0 Å². The maximum atomic E-state index is 6.64. The van der Waals surface area contributed by atoms with Gasteiger partial charge in [0.2, 0.25) is 0 Å². The SMILES string of the molecule is c1ccc(-c2cc(-c3ccccc3)cc(-c3c(N(c4ccc(-c5ccc6ccccc6c5)cc4)c4ccc5c(c4)oc4ccccc45)ccc4oc5ccccc5c34)c2)cc1. The molecule has 0 radical (unpaired) electrons. The van der Waals surface area contributed by atoms with Crippen LogP contribution in [0.4, 0.5) is 17.1 Å². The summed E-state index contributed by atoms with van der Waals surface area (Å²) >= 11 is 0. The smallest absolute Gasteiger partial charge is 0.137 e. The van der Waals surface area contributed by atoms with Crippen LogP contribution in [0.3, 0.4) is 0 Å². The molecule has 0 spiro atoms. The van der Waals surface area contributed by atoms with Gasteiger partial charge < -0.3 is 13.7 Å². The lowest BCUT2D eigenvalue weighted by atomic mass is 9.90. The number of nitrogens with zero attached hydrogens (tertiary/aromatic N) is 1. The molecular weight excluding hydrogens is 743 g/mol. The molecule has 3 nitrogen and oxygen atoms in total. The van der Waals surface area contributed by atoms with E-state index >= 15 is 0 Å². The quantitative estimate of drug-likeness (QED) is 0.161. The van der Waals surface area contributed by atoms with Crippen LogP contribution in [0.1, 0.15) is 0 Å². The number of furan rings is 2. The molecule has 0 bridgehead atoms. The molecule has 12 rings (SSSR count). The lowest BCUT2D eigenvalue weighted by Crippen LogP contribution is -2.11. The van der Waals surface area contributed by atoms with Crippen LogP contribution in [0, 0.1) is 0 Å². The van der Waals surface area contributed by atoms with Crippen LogP contribution < -0.4 is 4.90 Å². The summed E-state index contributed by atoms with van der Waals surface area (Å²) in [7, 11) is 0. The average Bonchev–Trinajstić information content (AvgIpc) is 3.90. The predicted octanol–water partition coefficient (Wildman–Crippen LogP) is 16.8. The Hall–Kier alpha value is -8.14. The van der Waals surface area contributed by atoms with E-state index in [1.165, 1.54) is 16.3 Å². The van der Waals surface area contributed by atoms with Gasteiger partial charge in [-0.1, -0.05) is 146 Å². The average molecular weight is 780 g/mol. The van der Waals surface area contributed by atoms with Gasteiger partial charge in [0.1, 0.15) is 22.3 Å². The van der Waals surface area contributed by atoms with Crippen LogP contribution in [0.15, 0.2) is 233 Å². The molecule has 0 amide bonds. The predicted molar refractivity (Wildman–Crippen MR) is 255 cm³/mol. The van der Waals surface area contributed by atoms with Crippen LogP contribution >= 0.6 is 0 Å². The van der Waals surface area contributed by atoms with Gasteiger partial charge in [-0.15, -0.1) is 0 Å². The van der Waals surface area contributed by atoms with Crippen molar-refractivity contribution in [3.63, 3.8) is 0 Å². The van der Waals surface area contributed by atoms with Crippen molar-refractivity contribution in [3.8, 4) is 44.5 Å². The van der Waals surface area contributed by atoms with E-state index in [9.17, 15) is 0 Å². The number of benzene rings is 10. The molecule has 0 N–H and O–H groups in total. The van der Waals surface area contributed by atoms with E-state index in [0.717, 1.165) is 99.9 Å². The van der Waals surface area contributed by atoms with Crippen LogP contribution in [0.5, 0.6) is 0 Å². The molecule has 2 aromatic heterocycles. The summed E-state index contributed by atoms with van der Waals surface area (Å²) in [5.74, 6) is 0. The highest BCUT2D eigenvalue weighted by atomic mass is 16.3. The zero-order valence-corrected chi connectivity index (χ0v) is 33.1. The van der Waals surface area contributed by atoms with Gasteiger partial charge in [0.05, 0.1) is 5.69 Å². The first-order valence-corrected chi connectivity index (χ1v) is 20.7. The van der Waals surface area contributed by atoms with Gasteiger partial charge in [0.15, 0.2) is 0 Å². The minimum atomic E-state index is 0.838. The molecular formula is C58H37NO2. The van der Waals surface area contributed by atoms with Gasteiger partial charge >= 0.3 is 0 Å². The van der Waals surface area contributed by atoms with Crippen LogP contribution in [0.25, 0.3) is 99.2 Å². The van der Waals surface area contributed by atoms with Gasteiger partial charge in [-0.2, -0.15) is 0 Å². The highest BCUT2D eigenvalue weighted by Gasteiger charge is 2.24. The molecule has 0 fully saturated rings. The third kappa shape index (κ3) is 6.06. The van der Waals surface area contributed by atoms with Crippen molar-refractivity contribution in [2.75, 3.05) is 4.90 Å². The van der Waals surface area contributed by atoms with Crippen molar-refractivity contribution < 1.29 is 8.83 Å². The summed E-state index contributed by atoms with van der Waals surface area (Å²) in [6.07, 6.45) is 0. The Labute approximate surface area is 353 Å². The van der Waals surface area contributed by atoms with Gasteiger partial charge in [-0.05, 0) is 123 Å². The Morgan fingerprint density at radius 1 is 0.279 bits per heavy atom. The van der Waals surface area contributed by atoms with Gasteiger partial charge in [0, 0.05) is 44.5 Å². The Balaban J connectivity index is 1.14. The third-order valence-corrected chi connectivity index (χ3v) is 12.0. The lowest BCUT2D eigenvalue weighted by molar-refractivity contribution is 0.668. The van der Waals surface area contributed by atoms with Crippen LogP contribution in [0.2, 0.25) is 0 Å². The lowest BCUT2D eigenvalue weighted by Gasteiger charge is -2.29. The fourth-order valence-electron chi connectivity index (χ4n) is 9.10. The zero-order valence-electron chi connectivity index (χ0n) is 33.1. The summed E-state index contributed by atoms with van der Waals surface area (Å²) in [5.41, 5.74) is 15.5. The van der Waals surface area contributed by atoms with E-state index in [1.54, 1.807) is 0 Å². The Kier molecular flexibility index (Phi) is 8.17. The zero-order chi connectivity index (χ0) is 40.3. The molecule has 0 atom stereocenters. The number of fused-ring (bicyclic) bond motifs is 7. The normalized spacial score (nSPS) is 11.6. The van der Waals surface area contributed by atoms with Crippen molar-refractivity contribution >= 4 is 71.7 Å². The fraction of sp³-hybridized carbons (Fsp3) is 0. The molecule has 0 saturated heterocycles. The van der Waals surface area contributed by atoms with Gasteiger partial charge in [-0.3, -0.25) is 0 Å². The van der Waals surface area contributed by atoms with Crippen molar-refractivity contribution in [1.82, 2.24) is 0 Å². The minimum absolute atomic E-state index is 0.838. The van der Waals surface area contributed by atoms with E-state index in [2.05, 4.69) is 211 Å². The topological polar surface area (TPSA) is 29.5 Å². The first-order chi connectivity index (χ1) is 30.2. The number of hydrogen-bond acceptors (Lipinski definition) is 3. The van der Waals surface area contributed by atoms with Crippen LogP contribution in [-0.2, 0) is 0 Å². The molecule has 10 aromatic carbocycles. The molecule has 12 aromatic rings. The molecule has 286 valence electrons. The van der Waals surface area contributed by atoms with Crippen molar-refractivity contribution in [2.24, 2.45) is 0 Å². The van der Waals surface area contributed by atoms with E-state index in [4.69, 9.17) is 8.83 Å². The van der Waals surface area contributed by atoms with E-state index in [1.807, 2.05) is 18.2 Å². The summed E-state index contributed by atoms with van der Waals surface area (Å²) < 4.78 is 13.2. The second-order valence-corrected chi connectivity index (χ2v) is 15.7. The molecule has 3 heteroatoms. The summed E-state index contributed by atoms with van der Waals surface area (Å²) in [6.45, 7) is 0. The molecule has 61 heavy (non-hydrogen) atoms. The second-order valence-electron chi connectivity index (χ2n) is 15.7. The van der Waals surface area contributed by atoms with Crippen molar-refractivity contribution in [1.29, 1.82) is 0 Å². The number of rotatable bonds is 7. The molecule has 0 aliphatic carbocycles. The van der Waals surface area contributed by atoms with Crippen molar-refractivity contribution in [2.45, 2.75) is 0 Å². The van der Waals surface area contributed by atoms with Gasteiger partial charge in [-0.25, -0.2) is 0 Å². The van der Waals surface area contributed by atoms with Crippen molar-refractivity contribution in [3.05, 3.63) is 224 Å². The Bertz CT molecular complexity index is 3520. The summed E-state index contributed by atoms with van der Waals surface area (Å²) in [4.78, 5) is 2.38. The fourth-order valence-corrected chi connectivity index (χ4v) is 9.10. The first kappa shape index (κ1) is 34.9. The number of para-hydroxylation sites is 2. The minimum Gasteiger partial charge on any atom is -0.456 e. The first-order valence-electron chi connectivity index (χ1n) is 20.7. The Morgan fingerprint density at radius 2 is 0.820 bits per heavy atom. The van der Waals surface area contributed by atoms with Gasteiger partial charge in [0.25, 0.3) is 0 Å². The summed E-state index contributed by atoms with van der Waals surface area (Å²) in [5, 5.41) is 6.79. The monoisotopic (exact) mass is 779 g/mol. The Morgan fingerprint density at radius 3 is 1.56 bits per heavy atom. The maximum Gasteiger partial charge on any atom is 0.137 e. The molecule has 0 unspecified atom stereocenters. The largest absolute Gasteiger partial charge is 0.456 e. The number of anilines is 3. The van der Waals surface area contributed by atoms with E-state index < -0.39 is 0 Å². The molecule has 0 saturated carbocycles. The second kappa shape index (κ2) is 14.3. The molecule has 2 heterocycles.